The summed E-state index contributed by atoms with van der Waals surface area (Å²) in [5.74, 6) is -0.618. The minimum Gasteiger partial charge on any atom is -0.492 e. The Morgan fingerprint density at radius 2 is 2.00 bits per heavy atom. The normalized spacial score (nSPS) is 19.1. The maximum Gasteiger partial charge on any atom is 0.335 e. The Morgan fingerprint density at radius 1 is 1.29 bits per heavy atom. The minimum absolute atomic E-state index is 0.197. The van der Waals surface area contributed by atoms with Crippen LogP contribution in [0.2, 0.25) is 0 Å². The number of hydrogen-bond donors (Lipinski definition) is 2. The van der Waals surface area contributed by atoms with Crippen molar-refractivity contribution in [2.24, 2.45) is 5.73 Å². The Labute approximate surface area is 123 Å². The standard InChI is InChI=1S/C15H20N2O4/c16-14(18)13-3-1-2-8-17(13)9-10-21-12-6-4-11(5-7-12)15(19)20/h4-7,13H,1-3,8-10H2,(H2,16,18)(H,19,20). The smallest absolute Gasteiger partial charge is 0.335 e. The molecule has 6 heteroatoms. The SMILES string of the molecule is NC(=O)C1CCCCN1CCOc1ccc(C(=O)O)cc1. The van der Waals surface area contributed by atoms with Gasteiger partial charge in [0.05, 0.1) is 11.6 Å². The molecule has 1 heterocycles. The molecule has 1 amide bonds. The summed E-state index contributed by atoms with van der Waals surface area (Å²) in [6, 6.07) is 6.07. The van der Waals surface area contributed by atoms with Crippen LogP contribution in [0.5, 0.6) is 5.75 Å². The Bertz CT molecular complexity index is 501. The number of ether oxygens (including phenoxy) is 1. The number of carboxylic acid groups (broad SMARTS) is 1. The first kappa shape index (κ1) is 15.3. The second-order valence-electron chi connectivity index (χ2n) is 5.13. The summed E-state index contributed by atoms with van der Waals surface area (Å²) in [6.45, 7) is 1.93. The highest BCUT2D eigenvalue weighted by Crippen LogP contribution is 2.17. The summed E-state index contributed by atoms with van der Waals surface area (Å²) in [4.78, 5) is 24.2. The number of piperidine rings is 1. The molecule has 1 fully saturated rings. The Balaban J connectivity index is 1.82. The molecule has 0 aliphatic carbocycles. The third-order valence-electron chi connectivity index (χ3n) is 3.69. The molecule has 114 valence electrons. The van der Waals surface area contributed by atoms with Crippen LogP contribution in [0.1, 0.15) is 29.6 Å². The predicted octanol–water partition coefficient (Wildman–Crippen LogP) is 1.10. The fraction of sp³-hybridized carbons (Fsp3) is 0.467. The summed E-state index contributed by atoms with van der Waals surface area (Å²) in [7, 11) is 0. The number of aromatic carboxylic acids is 1. The third kappa shape index (κ3) is 4.19. The zero-order valence-corrected chi connectivity index (χ0v) is 11.8. The maximum absolute atomic E-state index is 11.4. The van der Waals surface area contributed by atoms with E-state index in [4.69, 9.17) is 15.6 Å². The molecule has 1 atom stereocenters. The van der Waals surface area contributed by atoms with Crippen LogP contribution in [-0.2, 0) is 4.79 Å². The second kappa shape index (κ2) is 7.08. The van der Waals surface area contributed by atoms with Crippen molar-refractivity contribution in [1.82, 2.24) is 4.90 Å². The van der Waals surface area contributed by atoms with Gasteiger partial charge in [-0.3, -0.25) is 9.69 Å². The lowest BCUT2D eigenvalue weighted by Gasteiger charge is -2.33. The molecule has 1 unspecified atom stereocenters. The van der Waals surface area contributed by atoms with Crippen molar-refractivity contribution in [3.05, 3.63) is 29.8 Å². The van der Waals surface area contributed by atoms with Crippen LogP contribution in [0.25, 0.3) is 0 Å². The predicted molar refractivity (Wildman–Crippen MR) is 77.3 cm³/mol. The van der Waals surface area contributed by atoms with E-state index in [1.807, 2.05) is 0 Å². The zero-order chi connectivity index (χ0) is 15.2. The highest BCUT2D eigenvalue weighted by atomic mass is 16.5. The molecule has 1 aliphatic heterocycles. The van der Waals surface area contributed by atoms with E-state index in [-0.39, 0.29) is 17.5 Å². The van der Waals surface area contributed by atoms with Crippen molar-refractivity contribution in [2.75, 3.05) is 19.7 Å². The van der Waals surface area contributed by atoms with E-state index >= 15 is 0 Å². The van der Waals surface area contributed by atoms with E-state index in [0.29, 0.717) is 18.9 Å². The van der Waals surface area contributed by atoms with Crippen molar-refractivity contribution < 1.29 is 19.4 Å². The van der Waals surface area contributed by atoms with Crippen LogP contribution in [0.15, 0.2) is 24.3 Å². The number of carbonyl (C=O) groups excluding carboxylic acids is 1. The van der Waals surface area contributed by atoms with Crippen molar-refractivity contribution in [3.63, 3.8) is 0 Å². The third-order valence-corrected chi connectivity index (χ3v) is 3.69. The summed E-state index contributed by atoms with van der Waals surface area (Å²) < 4.78 is 5.58. The van der Waals surface area contributed by atoms with Crippen molar-refractivity contribution >= 4 is 11.9 Å². The van der Waals surface area contributed by atoms with E-state index in [0.717, 1.165) is 25.8 Å². The molecule has 3 N–H and O–H groups in total. The van der Waals surface area contributed by atoms with E-state index < -0.39 is 5.97 Å². The fourth-order valence-corrected chi connectivity index (χ4v) is 2.56. The van der Waals surface area contributed by atoms with Gasteiger partial charge in [0.2, 0.25) is 5.91 Å². The Kier molecular flexibility index (Phi) is 5.16. The van der Waals surface area contributed by atoms with Gasteiger partial charge in [-0.2, -0.15) is 0 Å². The van der Waals surface area contributed by atoms with Crippen LogP contribution in [0, 0.1) is 0 Å². The molecule has 21 heavy (non-hydrogen) atoms. The number of benzene rings is 1. The quantitative estimate of drug-likeness (QED) is 0.819. The molecule has 1 aromatic carbocycles. The number of carbonyl (C=O) groups is 2. The van der Waals surface area contributed by atoms with Gasteiger partial charge in [-0.25, -0.2) is 4.79 Å². The maximum atomic E-state index is 11.4. The van der Waals surface area contributed by atoms with Gasteiger partial charge in [-0.15, -0.1) is 0 Å². The first-order valence-electron chi connectivity index (χ1n) is 7.07. The Morgan fingerprint density at radius 3 is 2.62 bits per heavy atom. The zero-order valence-electron chi connectivity index (χ0n) is 11.8. The lowest BCUT2D eigenvalue weighted by Crippen LogP contribution is -2.48. The highest BCUT2D eigenvalue weighted by molar-refractivity contribution is 5.87. The summed E-state index contributed by atoms with van der Waals surface area (Å²) in [6.07, 6.45) is 2.90. The molecule has 0 saturated carbocycles. The van der Waals surface area contributed by atoms with Gasteiger partial charge >= 0.3 is 5.97 Å². The van der Waals surface area contributed by atoms with E-state index in [1.54, 1.807) is 12.1 Å². The molecule has 0 aromatic heterocycles. The molecule has 6 nitrogen and oxygen atoms in total. The van der Waals surface area contributed by atoms with Crippen LogP contribution in [0.4, 0.5) is 0 Å². The van der Waals surface area contributed by atoms with Crippen molar-refractivity contribution in [3.8, 4) is 5.75 Å². The van der Waals surface area contributed by atoms with Crippen molar-refractivity contribution in [1.29, 1.82) is 0 Å². The molecular formula is C15H20N2O4. The topological polar surface area (TPSA) is 92.9 Å². The molecule has 2 rings (SSSR count). The first-order chi connectivity index (χ1) is 10.1. The number of nitrogens with zero attached hydrogens (tertiary/aromatic N) is 1. The largest absolute Gasteiger partial charge is 0.492 e. The van der Waals surface area contributed by atoms with Gasteiger partial charge in [0.15, 0.2) is 0 Å². The van der Waals surface area contributed by atoms with Gasteiger partial charge in [0.25, 0.3) is 0 Å². The van der Waals surface area contributed by atoms with Gasteiger partial charge in [-0.1, -0.05) is 6.42 Å². The summed E-state index contributed by atoms with van der Waals surface area (Å²) in [5, 5.41) is 8.81. The number of nitrogens with two attached hydrogens (primary N) is 1. The van der Waals surface area contributed by atoms with Gasteiger partial charge in [0.1, 0.15) is 12.4 Å². The second-order valence-corrected chi connectivity index (χ2v) is 5.13. The molecular weight excluding hydrogens is 272 g/mol. The van der Waals surface area contributed by atoms with E-state index in [9.17, 15) is 9.59 Å². The number of rotatable bonds is 6. The lowest BCUT2D eigenvalue weighted by molar-refractivity contribution is -0.124. The Hall–Kier alpha value is -2.08. The number of carboxylic acids is 1. The molecule has 0 bridgehead atoms. The summed E-state index contributed by atoms with van der Waals surface area (Å²) in [5.41, 5.74) is 5.64. The van der Waals surface area contributed by atoms with Crippen LogP contribution < -0.4 is 10.5 Å². The fourth-order valence-electron chi connectivity index (χ4n) is 2.56. The molecule has 1 saturated heterocycles. The molecule has 1 aliphatic rings. The van der Waals surface area contributed by atoms with Crippen molar-refractivity contribution in [2.45, 2.75) is 25.3 Å². The van der Waals surface area contributed by atoms with Crippen LogP contribution in [0.3, 0.4) is 0 Å². The van der Waals surface area contributed by atoms with E-state index in [1.165, 1.54) is 12.1 Å². The average molecular weight is 292 g/mol. The van der Waals surface area contributed by atoms with Gasteiger partial charge in [0, 0.05) is 6.54 Å². The number of primary amides is 1. The minimum atomic E-state index is -0.959. The number of likely N-dealkylation sites (tertiary alicyclic amines) is 1. The highest BCUT2D eigenvalue weighted by Gasteiger charge is 2.26. The molecule has 0 radical (unpaired) electrons. The average Bonchev–Trinajstić information content (AvgIpc) is 2.48. The van der Waals surface area contributed by atoms with Gasteiger partial charge in [-0.05, 0) is 43.7 Å². The van der Waals surface area contributed by atoms with Gasteiger partial charge < -0.3 is 15.6 Å². The van der Waals surface area contributed by atoms with E-state index in [2.05, 4.69) is 4.90 Å². The first-order valence-corrected chi connectivity index (χ1v) is 7.07. The molecule has 0 spiro atoms. The summed E-state index contributed by atoms with van der Waals surface area (Å²) >= 11 is 0. The van der Waals surface area contributed by atoms with Crippen LogP contribution in [-0.4, -0.2) is 47.6 Å². The molecule has 1 aromatic rings. The van der Waals surface area contributed by atoms with Crippen LogP contribution >= 0.6 is 0 Å². The lowest BCUT2D eigenvalue weighted by atomic mass is 10.0. The monoisotopic (exact) mass is 292 g/mol. The number of hydrogen-bond acceptors (Lipinski definition) is 4. The number of amides is 1.